The molecule has 0 aromatic heterocycles. The molecule has 0 N–H and O–H groups in total. The van der Waals surface area contributed by atoms with Crippen LogP contribution in [0.2, 0.25) is 0 Å². The van der Waals surface area contributed by atoms with Crippen LogP contribution < -0.4 is 0 Å². The second kappa shape index (κ2) is 3.05. The summed E-state index contributed by atoms with van der Waals surface area (Å²) in [6.45, 7) is 16.4. The average Bonchev–Trinajstić information content (AvgIpc) is 2.56. The van der Waals surface area contributed by atoms with Gasteiger partial charge in [0.2, 0.25) is 0 Å². The molecular weight excluding hydrogens is 176 g/mol. The van der Waals surface area contributed by atoms with E-state index in [-0.39, 0.29) is 0 Å². The van der Waals surface area contributed by atoms with Crippen LogP contribution in [0.25, 0.3) is 0 Å². The minimum atomic E-state index is 0.404. The maximum absolute atomic E-state index is 2.34. The molecule has 0 unspecified atom stereocenters. The lowest BCUT2D eigenvalue weighted by Crippen LogP contribution is -2.06. The van der Waals surface area contributed by atoms with E-state index in [1.54, 1.807) is 9.81 Å². The zero-order chi connectivity index (χ0) is 10.4. The first-order valence-electron chi connectivity index (χ1n) is 5.15. The van der Waals surface area contributed by atoms with Gasteiger partial charge in [-0.3, -0.25) is 0 Å². The molecular formula is C12H23S+. The molecule has 0 fully saturated rings. The quantitative estimate of drug-likeness (QED) is 0.561. The van der Waals surface area contributed by atoms with Gasteiger partial charge in [0, 0.05) is 10.8 Å². The third-order valence-corrected chi connectivity index (χ3v) is 5.30. The SMILES string of the molecule is CC[S+]1C(C(C)(C)C)=C1C(C)(C)C. The van der Waals surface area contributed by atoms with E-state index in [1.807, 2.05) is 0 Å². The van der Waals surface area contributed by atoms with Crippen molar-refractivity contribution in [3.63, 3.8) is 0 Å². The first-order valence-corrected chi connectivity index (χ1v) is 6.55. The summed E-state index contributed by atoms with van der Waals surface area (Å²) in [6, 6.07) is 0. The van der Waals surface area contributed by atoms with Crippen molar-refractivity contribution in [3.8, 4) is 0 Å². The van der Waals surface area contributed by atoms with Gasteiger partial charge in [-0.15, -0.1) is 0 Å². The minimum absolute atomic E-state index is 0.404. The van der Waals surface area contributed by atoms with Crippen LogP contribution in [0.3, 0.4) is 0 Å². The number of hydrogen-bond donors (Lipinski definition) is 0. The molecule has 1 aliphatic heterocycles. The Morgan fingerprint density at radius 2 is 1.15 bits per heavy atom. The van der Waals surface area contributed by atoms with Crippen molar-refractivity contribution in [1.82, 2.24) is 0 Å². The first-order chi connectivity index (χ1) is 5.69. The van der Waals surface area contributed by atoms with Gasteiger partial charge in [-0.2, -0.15) is 0 Å². The molecule has 0 spiro atoms. The predicted octanol–water partition coefficient (Wildman–Crippen LogP) is 3.94. The van der Waals surface area contributed by atoms with E-state index >= 15 is 0 Å². The van der Waals surface area contributed by atoms with Crippen molar-refractivity contribution in [1.29, 1.82) is 0 Å². The van der Waals surface area contributed by atoms with Gasteiger partial charge in [-0.1, -0.05) is 41.5 Å². The third kappa shape index (κ3) is 2.12. The Hall–Kier alpha value is 0.0900. The number of hydrogen-bond acceptors (Lipinski definition) is 0. The van der Waals surface area contributed by atoms with Gasteiger partial charge in [0.05, 0.1) is 10.9 Å². The van der Waals surface area contributed by atoms with Crippen molar-refractivity contribution in [2.75, 3.05) is 5.75 Å². The van der Waals surface area contributed by atoms with Gasteiger partial charge in [0.1, 0.15) is 5.75 Å². The van der Waals surface area contributed by atoms with Gasteiger partial charge in [-0.05, 0) is 6.92 Å². The minimum Gasteiger partial charge on any atom is -0.0516 e. The fourth-order valence-corrected chi connectivity index (χ4v) is 5.09. The Bertz CT molecular complexity index is 211. The van der Waals surface area contributed by atoms with Crippen molar-refractivity contribution in [3.05, 3.63) is 9.81 Å². The Morgan fingerprint density at radius 1 is 0.846 bits per heavy atom. The molecule has 0 aromatic carbocycles. The molecule has 0 bridgehead atoms. The van der Waals surface area contributed by atoms with E-state index < -0.39 is 0 Å². The Labute approximate surface area is 86.1 Å². The third-order valence-electron chi connectivity index (χ3n) is 2.31. The van der Waals surface area contributed by atoms with Crippen LogP contribution in [0.4, 0.5) is 0 Å². The smallest absolute Gasteiger partial charge is 0.0516 e. The zero-order valence-electron chi connectivity index (χ0n) is 10.1. The molecule has 1 rings (SSSR count). The van der Waals surface area contributed by atoms with E-state index in [0.29, 0.717) is 21.7 Å². The highest BCUT2D eigenvalue weighted by Gasteiger charge is 2.59. The summed E-state index contributed by atoms with van der Waals surface area (Å²) >= 11 is 0. The average molecular weight is 199 g/mol. The monoisotopic (exact) mass is 199 g/mol. The van der Waals surface area contributed by atoms with Crippen LogP contribution >= 0.6 is 0 Å². The van der Waals surface area contributed by atoms with Crippen molar-refractivity contribution in [2.24, 2.45) is 10.8 Å². The van der Waals surface area contributed by atoms with Gasteiger partial charge < -0.3 is 0 Å². The van der Waals surface area contributed by atoms with Crippen LogP contribution in [0, 0.1) is 10.8 Å². The first kappa shape index (κ1) is 11.2. The summed E-state index contributed by atoms with van der Waals surface area (Å²) in [5.41, 5.74) is 0.809. The van der Waals surface area contributed by atoms with Gasteiger partial charge in [0.25, 0.3) is 0 Å². The molecule has 0 radical (unpaired) electrons. The fourth-order valence-electron chi connectivity index (χ4n) is 1.89. The Kier molecular flexibility index (Phi) is 2.62. The lowest BCUT2D eigenvalue weighted by atomic mass is 9.89. The standard InChI is InChI=1S/C12H23S/c1-8-13-9(11(2,3)4)10(13)12(5,6)7/h8H2,1-7H3/q+1. The molecule has 0 aromatic rings. The largest absolute Gasteiger partial charge is 0.194 e. The summed E-state index contributed by atoms with van der Waals surface area (Å²) in [5, 5.41) is 0. The molecule has 0 atom stereocenters. The number of rotatable bonds is 1. The van der Waals surface area contributed by atoms with E-state index in [9.17, 15) is 0 Å². The Morgan fingerprint density at radius 3 is 1.23 bits per heavy atom. The molecule has 1 aliphatic rings. The Balaban J connectivity index is 2.90. The molecule has 1 heteroatoms. The van der Waals surface area contributed by atoms with Crippen LogP contribution in [0.1, 0.15) is 48.5 Å². The molecule has 0 aliphatic carbocycles. The van der Waals surface area contributed by atoms with Gasteiger partial charge in [-0.25, -0.2) is 0 Å². The van der Waals surface area contributed by atoms with Crippen LogP contribution in [0.5, 0.6) is 0 Å². The van der Waals surface area contributed by atoms with Crippen LogP contribution in [-0.4, -0.2) is 5.75 Å². The lowest BCUT2D eigenvalue weighted by Gasteiger charge is -2.08. The van der Waals surface area contributed by atoms with E-state index in [1.165, 1.54) is 5.75 Å². The maximum Gasteiger partial charge on any atom is 0.194 e. The summed E-state index contributed by atoms with van der Waals surface area (Å²) in [6.07, 6.45) is 0. The summed E-state index contributed by atoms with van der Waals surface area (Å²) in [4.78, 5) is 3.50. The number of allylic oxidation sites excluding steroid dienone is 2. The molecule has 0 amide bonds. The molecule has 0 nitrogen and oxygen atoms in total. The summed E-state index contributed by atoms with van der Waals surface area (Å²) in [5.74, 6) is 1.32. The highest BCUT2D eigenvalue weighted by molar-refractivity contribution is 8.10. The molecule has 76 valence electrons. The van der Waals surface area contributed by atoms with Crippen molar-refractivity contribution >= 4 is 10.9 Å². The van der Waals surface area contributed by atoms with E-state index in [2.05, 4.69) is 48.5 Å². The molecule has 1 heterocycles. The fraction of sp³-hybridized carbons (Fsp3) is 0.833. The molecule has 13 heavy (non-hydrogen) atoms. The highest BCUT2D eigenvalue weighted by Crippen LogP contribution is 2.56. The second-order valence-electron chi connectivity index (χ2n) is 5.84. The van der Waals surface area contributed by atoms with Crippen molar-refractivity contribution in [2.45, 2.75) is 48.5 Å². The summed E-state index contributed by atoms with van der Waals surface area (Å²) < 4.78 is 0. The topological polar surface area (TPSA) is 0 Å². The maximum atomic E-state index is 2.34. The van der Waals surface area contributed by atoms with Gasteiger partial charge in [0.15, 0.2) is 9.81 Å². The predicted molar refractivity (Wildman–Crippen MR) is 63.8 cm³/mol. The van der Waals surface area contributed by atoms with Crippen molar-refractivity contribution < 1.29 is 0 Å². The lowest BCUT2D eigenvalue weighted by molar-refractivity contribution is 0.502. The normalized spacial score (nSPS) is 19.6. The molecule has 0 saturated heterocycles. The summed E-state index contributed by atoms with van der Waals surface area (Å²) in [7, 11) is 0.546. The molecule has 0 saturated carbocycles. The van der Waals surface area contributed by atoms with Gasteiger partial charge >= 0.3 is 0 Å². The zero-order valence-corrected chi connectivity index (χ0v) is 10.9. The van der Waals surface area contributed by atoms with E-state index in [0.717, 1.165) is 0 Å². The van der Waals surface area contributed by atoms with Crippen LogP contribution in [0.15, 0.2) is 9.81 Å². The second-order valence-corrected chi connectivity index (χ2v) is 8.01. The highest BCUT2D eigenvalue weighted by atomic mass is 32.2. The van der Waals surface area contributed by atoms with Crippen LogP contribution in [-0.2, 0) is 10.9 Å². The van der Waals surface area contributed by atoms with E-state index in [4.69, 9.17) is 0 Å².